The highest BCUT2D eigenvalue weighted by molar-refractivity contribution is 7.11. The number of allylic oxidation sites excluding steroid dienone is 2. The van der Waals surface area contributed by atoms with E-state index >= 15 is 0 Å². The molecule has 108 valence electrons. The molecule has 0 aliphatic carbocycles. The van der Waals surface area contributed by atoms with Crippen molar-refractivity contribution in [3.63, 3.8) is 0 Å². The zero-order chi connectivity index (χ0) is 15.1. The first-order valence-corrected chi connectivity index (χ1v) is 7.27. The molecule has 0 spiro atoms. The summed E-state index contributed by atoms with van der Waals surface area (Å²) in [4.78, 5) is 12.3. The van der Waals surface area contributed by atoms with Crippen molar-refractivity contribution in [2.45, 2.75) is 0 Å². The molecule has 0 saturated carbocycles. The lowest BCUT2D eigenvalue weighted by molar-refractivity contribution is -0.134. The molecule has 1 aromatic heterocycles. The number of benzene rings is 1. The van der Waals surface area contributed by atoms with E-state index in [0.29, 0.717) is 0 Å². The molecule has 0 saturated heterocycles. The number of methoxy groups -OCH3 is 2. The Morgan fingerprint density at radius 1 is 1.14 bits per heavy atom. The molecule has 0 amide bonds. The van der Waals surface area contributed by atoms with Crippen LogP contribution in [-0.2, 0) is 9.53 Å². The fourth-order valence-electron chi connectivity index (χ4n) is 1.81. The summed E-state index contributed by atoms with van der Waals surface area (Å²) in [5.74, 6) is 0.445. The lowest BCUT2D eigenvalue weighted by atomic mass is 10.0. The SMILES string of the molecule is COC(=O)C=CC=C(c1ccc(OC)cc1)c1cccs1. The number of carbonyl (C=O) groups excluding carboxylic acids is 1. The third kappa shape index (κ3) is 4.07. The van der Waals surface area contributed by atoms with Crippen molar-refractivity contribution in [1.82, 2.24) is 0 Å². The minimum atomic E-state index is -0.369. The Morgan fingerprint density at radius 3 is 2.48 bits per heavy atom. The van der Waals surface area contributed by atoms with Gasteiger partial charge >= 0.3 is 5.97 Å². The normalized spacial score (nSPS) is 11.6. The average Bonchev–Trinajstić information content (AvgIpc) is 3.05. The number of rotatable bonds is 5. The summed E-state index contributed by atoms with van der Waals surface area (Å²) in [6.07, 6.45) is 5.01. The molecule has 0 unspecified atom stereocenters. The molecular weight excluding hydrogens is 284 g/mol. The van der Waals surface area contributed by atoms with Crippen molar-refractivity contribution in [2.75, 3.05) is 14.2 Å². The monoisotopic (exact) mass is 300 g/mol. The molecule has 2 rings (SSSR count). The minimum Gasteiger partial charge on any atom is -0.497 e. The van der Waals surface area contributed by atoms with Crippen molar-refractivity contribution in [2.24, 2.45) is 0 Å². The van der Waals surface area contributed by atoms with Crippen LogP contribution in [0.25, 0.3) is 5.57 Å². The molecule has 0 fully saturated rings. The van der Waals surface area contributed by atoms with Crippen LogP contribution >= 0.6 is 11.3 Å². The van der Waals surface area contributed by atoms with E-state index in [-0.39, 0.29) is 5.97 Å². The molecule has 0 atom stereocenters. The van der Waals surface area contributed by atoms with Crippen molar-refractivity contribution >= 4 is 22.9 Å². The van der Waals surface area contributed by atoms with Crippen LogP contribution in [-0.4, -0.2) is 20.2 Å². The molecule has 4 heteroatoms. The molecule has 3 nitrogen and oxygen atoms in total. The molecule has 0 N–H and O–H groups in total. The van der Waals surface area contributed by atoms with Crippen LogP contribution in [0.15, 0.2) is 60.0 Å². The van der Waals surface area contributed by atoms with Gasteiger partial charge in [-0.25, -0.2) is 4.79 Å². The topological polar surface area (TPSA) is 35.5 Å². The van der Waals surface area contributed by atoms with Gasteiger partial charge in [0.15, 0.2) is 0 Å². The fraction of sp³-hybridized carbons (Fsp3) is 0.118. The van der Waals surface area contributed by atoms with Crippen LogP contribution in [0.4, 0.5) is 0 Å². The van der Waals surface area contributed by atoms with Gasteiger partial charge in [-0.2, -0.15) is 0 Å². The van der Waals surface area contributed by atoms with Crippen LogP contribution in [0.3, 0.4) is 0 Å². The highest BCUT2D eigenvalue weighted by atomic mass is 32.1. The van der Waals surface area contributed by atoms with E-state index in [1.165, 1.54) is 13.2 Å². The Hall–Kier alpha value is -2.33. The molecule has 0 aliphatic heterocycles. The van der Waals surface area contributed by atoms with E-state index in [1.807, 2.05) is 47.9 Å². The predicted octanol–water partition coefficient (Wildman–Crippen LogP) is 3.92. The molecule has 0 bridgehead atoms. The molecule has 2 aromatic rings. The van der Waals surface area contributed by atoms with Crippen LogP contribution in [0.1, 0.15) is 10.4 Å². The Bertz CT molecular complexity index is 637. The second-order valence-electron chi connectivity index (χ2n) is 4.17. The highest BCUT2D eigenvalue weighted by Crippen LogP contribution is 2.28. The Labute approximate surface area is 128 Å². The van der Waals surface area contributed by atoms with E-state index in [0.717, 1.165) is 21.8 Å². The first-order valence-electron chi connectivity index (χ1n) is 6.39. The van der Waals surface area contributed by atoms with Crippen molar-refractivity contribution in [3.8, 4) is 5.75 Å². The summed E-state index contributed by atoms with van der Waals surface area (Å²) >= 11 is 1.65. The molecule has 1 heterocycles. The van der Waals surface area contributed by atoms with Gasteiger partial charge in [-0.1, -0.05) is 30.4 Å². The van der Waals surface area contributed by atoms with E-state index in [9.17, 15) is 4.79 Å². The average molecular weight is 300 g/mol. The standard InChI is InChI=1S/C17H16O3S/c1-19-14-10-8-13(9-11-14)15(16-6-4-12-21-16)5-3-7-17(18)20-2/h3-12H,1-2H3. The summed E-state index contributed by atoms with van der Waals surface area (Å²) in [7, 11) is 3.00. The Balaban J connectivity index is 2.34. The minimum absolute atomic E-state index is 0.369. The number of carbonyl (C=O) groups is 1. The number of esters is 1. The zero-order valence-corrected chi connectivity index (χ0v) is 12.7. The van der Waals surface area contributed by atoms with Gasteiger partial charge in [0.1, 0.15) is 5.75 Å². The van der Waals surface area contributed by atoms with Gasteiger partial charge in [-0.15, -0.1) is 11.3 Å². The summed E-state index contributed by atoms with van der Waals surface area (Å²) < 4.78 is 9.76. The number of hydrogen-bond acceptors (Lipinski definition) is 4. The van der Waals surface area contributed by atoms with Crippen molar-refractivity contribution in [1.29, 1.82) is 0 Å². The van der Waals surface area contributed by atoms with Gasteiger partial charge in [0.05, 0.1) is 14.2 Å². The van der Waals surface area contributed by atoms with Gasteiger partial charge in [-0.3, -0.25) is 0 Å². The van der Waals surface area contributed by atoms with Gasteiger partial charge in [-0.05, 0) is 34.7 Å². The first kappa shape index (κ1) is 15.1. The largest absolute Gasteiger partial charge is 0.497 e. The zero-order valence-electron chi connectivity index (χ0n) is 11.9. The summed E-state index contributed by atoms with van der Waals surface area (Å²) in [5, 5.41) is 2.02. The maximum Gasteiger partial charge on any atom is 0.330 e. The third-order valence-corrected chi connectivity index (χ3v) is 3.79. The van der Waals surface area contributed by atoms with Gasteiger partial charge < -0.3 is 9.47 Å². The van der Waals surface area contributed by atoms with Crippen molar-refractivity contribution in [3.05, 3.63) is 70.4 Å². The summed E-state index contributed by atoms with van der Waals surface area (Å²) in [6, 6.07) is 11.9. The van der Waals surface area contributed by atoms with Gasteiger partial charge in [0.25, 0.3) is 0 Å². The number of thiophene rings is 1. The Morgan fingerprint density at radius 2 is 1.90 bits per heavy atom. The highest BCUT2D eigenvalue weighted by Gasteiger charge is 2.05. The fourth-order valence-corrected chi connectivity index (χ4v) is 2.59. The van der Waals surface area contributed by atoms with E-state index < -0.39 is 0 Å². The Kier molecular flexibility index (Phi) is 5.35. The summed E-state index contributed by atoms with van der Waals surface area (Å²) in [6.45, 7) is 0. The summed E-state index contributed by atoms with van der Waals surface area (Å²) in [5.41, 5.74) is 2.11. The number of hydrogen-bond donors (Lipinski definition) is 0. The quantitative estimate of drug-likeness (QED) is 0.477. The third-order valence-electron chi connectivity index (χ3n) is 2.88. The van der Waals surface area contributed by atoms with Crippen LogP contribution in [0, 0.1) is 0 Å². The molecule has 0 radical (unpaired) electrons. The van der Waals surface area contributed by atoms with E-state index in [2.05, 4.69) is 4.74 Å². The molecular formula is C17H16O3S. The molecule has 1 aromatic carbocycles. The number of ether oxygens (including phenoxy) is 2. The lowest BCUT2D eigenvalue weighted by Crippen LogP contribution is -1.93. The smallest absolute Gasteiger partial charge is 0.330 e. The van der Waals surface area contributed by atoms with Crippen molar-refractivity contribution < 1.29 is 14.3 Å². The lowest BCUT2D eigenvalue weighted by Gasteiger charge is -2.06. The molecule has 0 aliphatic rings. The van der Waals surface area contributed by atoms with Crippen LogP contribution in [0.5, 0.6) is 5.75 Å². The maximum absolute atomic E-state index is 11.1. The second-order valence-corrected chi connectivity index (χ2v) is 5.12. The van der Waals surface area contributed by atoms with E-state index in [1.54, 1.807) is 24.5 Å². The maximum atomic E-state index is 11.1. The van der Waals surface area contributed by atoms with Crippen LogP contribution in [0.2, 0.25) is 0 Å². The van der Waals surface area contributed by atoms with Gasteiger partial charge in [0.2, 0.25) is 0 Å². The molecule has 21 heavy (non-hydrogen) atoms. The van der Waals surface area contributed by atoms with Gasteiger partial charge in [0, 0.05) is 11.0 Å². The first-order chi connectivity index (χ1) is 10.2. The second kappa shape index (κ2) is 7.45. The van der Waals surface area contributed by atoms with Crippen LogP contribution < -0.4 is 4.74 Å². The van der Waals surface area contributed by atoms with E-state index in [4.69, 9.17) is 4.74 Å². The predicted molar refractivity (Wildman–Crippen MR) is 85.5 cm³/mol.